The first-order valence-electron chi connectivity index (χ1n) is 10.00. The first kappa shape index (κ1) is 20.7. The number of amides is 1. The predicted molar refractivity (Wildman–Crippen MR) is 117 cm³/mol. The van der Waals surface area contributed by atoms with Crippen LogP contribution in [0.2, 0.25) is 0 Å². The van der Waals surface area contributed by atoms with E-state index in [9.17, 15) is 4.79 Å². The van der Waals surface area contributed by atoms with Gasteiger partial charge in [-0.1, -0.05) is 0 Å². The number of ether oxygens (including phenoxy) is 3. The largest absolute Gasteiger partial charge is 0.493 e. The molecule has 9 heteroatoms. The lowest BCUT2D eigenvalue weighted by Gasteiger charge is -2.28. The Balaban J connectivity index is 1.48. The van der Waals surface area contributed by atoms with Crippen LogP contribution in [-0.2, 0) is 16.1 Å². The topological polar surface area (TPSA) is 90.7 Å². The van der Waals surface area contributed by atoms with E-state index in [1.807, 2.05) is 16.7 Å². The Morgan fingerprint density at radius 1 is 1.06 bits per heavy atom. The average molecular weight is 423 g/mol. The van der Waals surface area contributed by atoms with E-state index in [0.717, 1.165) is 24.5 Å². The highest BCUT2D eigenvalue weighted by Crippen LogP contribution is 2.30. The van der Waals surface area contributed by atoms with Crippen molar-refractivity contribution in [2.75, 3.05) is 50.7 Å². The van der Waals surface area contributed by atoms with Gasteiger partial charge in [-0.15, -0.1) is 0 Å². The Morgan fingerprint density at radius 3 is 2.65 bits per heavy atom. The molecule has 1 fully saturated rings. The SMILES string of the molecule is COc1ccc(NC(=O)Cn2ccnc2-c2ccnc(N3CCOCC3)c2)cc1OC. The molecule has 0 saturated carbocycles. The van der Waals surface area contributed by atoms with Gasteiger partial charge in [-0.2, -0.15) is 0 Å². The quantitative estimate of drug-likeness (QED) is 0.624. The Labute approximate surface area is 180 Å². The third-order valence-electron chi connectivity index (χ3n) is 5.04. The number of anilines is 2. The minimum absolute atomic E-state index is 0.124. The smallest absolute Gasteiger partial charge is 0.244 e. The second kappa shape index (κ2) is 9.48. The number of aromatic nitrogens is 3. The number of carbonyl (C=O) groups excluding carboxylic acids is 1. The number of morpholine rings is 1. The summed E-state index contributed by atoms with van der Waals surface area (Å²) in [5.74, 6) is 2.57. The number of rotatable bonds is 7. The summed E-state index contributed by atoms with van der Waals surface area (Å²) in [5, 5.41) is 2.89. The number of imidazole rings is 1. The van der Waals surface area contributed by atoms with Crippen LogP contribution >= 0.6 is 0 Å². The van der Waals surface area contributed by atoms with Gasteiger partial charge in [0, 0.05) is 49.0 Å². The first-order chi connectivity index (χ1) is 15.2. The van der Waals surface area contributed by atoms with Crippen molar-refractivity contribution in [3.8, 4) is 22.9 Å². The average Bonchev–Trinajstić information content (AvgIpc) is 3.27. The van der Waals surface area contributed by atoms with E-state index in [1.54, 1.807) is 51.0 Å². The van der Waals surface area contributed by atoms with Crippen molar-refractivity contribution < 1.29 is 19.0 Å². The molecule has 3 heterocycles. The summed E-state index contributed by atoms with van der Waals surface area (Å²) in [6.07, 6.45) is 5.25. The summed E-state index contributed by atoms with van der Waals surface area (Å²) in [7, 11) is 3.13. The van der Waals surface area contributed by atoms with Gasteiger partial charge in [0.05, 0.1) is 27.4 Å². The molecule has 9 nitrogen and oxygen atoms in total. The molecule has 0 aliphatic carbocycles. The summed E-state index contributed by atoms with van der Waals surface area (Å²) in [6, 6.07) is 9.14. The van der Waals surface area contributed by atoms with Crippen LogP contribution in [0.1, 0.15) is 0 Å². The van der Waals surface area contributed by atoms with Gasteiger partial charge in [-0.3, -0.25) is 4.79 Å². The minimum Gasteiger partial charge on any atom is -0.493 e. The molecule has 1 N–H and O–H groups in total. The lowest BCUT2D eigenvalue weighted by atomic mass is 10.2. The molecule has 0 bridgehead atoms. The molecular weight excluding hydrogens is 398 g/mol. The number of carbonyl (C=O) groups is 1. The van der Waals surface area contributed by atoms with Crippen molar-refractivity contribution in [3.05, 3.63) is 48.9 Å². The molecule has 31 heavy (non-hydrogen) atoms. The molecular formula is C22H25N5O4. The molecule has 0 atom stereocenters. The van der Waals surface area contributed by atoms with E-state index in [-0.39, 0.29) is 12.5 Å². The van der Waals surface area contributed by atoms with Crippen molar-refractivity contribution in [2.24, 2.45) is 0 Å². The number of benzene rings is 1. The predicted octanol–water partition coefficient (Wildman–Crippen LogP) is 2.44. The molecule has 0 spiro atoms. The second-order valence-corrected chi connectivity index (χ2v) is 7.00. The molecule has 2 aromatic heterocycles. The fourth-order valence-electron chi connectivity index (χ4n) is 3.49. The van der Waals surface area contributed by atoms with Crippen molar-refractivity contribution in [1.29, 1.82) is 0 Å². The third-order valence-corrected chi connectivity index (χ3v) is 5.04. The lowest BCUT2D eigenvalue weighted by Crippen LogP contribution is -2.36. The molecule has 1 aliphatic rings. The van der Waals surface area contributed by atoms with Crippen LogP contribution in [-0.4, -0.2) is 61.0 Å². The van der Waals surface area contributed by atoms with Gasteiger partial charge in [0.25, 0.3) is 0 Å². The van der Waals surface area contributed by atoms with Crippen LogP contribution in [0.15, 0.2) is 48.9 Å². The fraction of sp³-hybridized carbons (Fsp3) is 0.318. The Hall–Kier alpha value is -3.59. The van der Waals surface area contributed by atoms with E-state index in [0.29, 0.717) is 36.2 Å². The Bertz CT molecular complexity index is 1050. The summed E-state index contributed by atoms with van der Waals surface area (Å²) < 4.78 is 17.8. The maximum Gasteiger partial charge on any atom is 0.244 e. The summed E-state index contributed by atoms with van der Waals surface area (Å²) in [6.45, 7) is 3.11. The molecule has 0 unspecified atom stereocenters. The van der Waals surface area contributed by atoms with E-state index >= 15 is 0 Å². The van der Waals surface area contributed by atoms with Gasteiger partial charge >= 0.3 is 0 Å². The molecule has 1 aliphatic heterocycles. The van der Waals surface area contributed by atoms with Crippen LogP contribution in [0.3, 0.4) is 0 Å². The normalized spacial score (nSPS) is 13.7. The van der Waals surface area contributed by atoms with Crippen molar-refractivity contribution in [1.82, 2.24) is 14.5 Å². The highest BCUT2D eigenvalue weighted by molar-refractivity contribution is 5.91. The van der Waals surface area contributed by atoms with E-state index in [2.05, 4.69) is 20.2 Å². The number of hydrogen-bond acceptors (Lipinski definition) is 7. The van der Waals surface area contributed by atoms with E-state index in [1.165, 1.54) is 0 Å². The number of pyridine rings is 1. The molecule has 3 aromatic rings. The van der Waals surface area contributed by atoms with Crippen molar-refractivity contribution in [2.45, 2.75) is 6.54 Å². The highest BCUT2D eigenvalue weighted by Gasteiger charge is 2.16. The Kier molecular flexibility index (Phi) is 6.32. The van der Waals surface area contributed by atoms with E-state index in [4.69, 9.17) is 14.2 Å². The van der Waals surface area contributed by atoms with Crippen LogP contribution in [0.25, 0.3) is 11.4 Å². The van der Waals surface area contributed by atoms with Gasteiger partial charge in [-0.25, -0.2) is 9.97 Å². The number of hydrogen-bond donors (Lipinski definition) is 1. The standard InChI is InChI=1S/C22H25N5O4/c1-29-18-4-3-17(14-19(18)30-2)25-21(28)15-27-8-7-24-22(27)16-5-6-23-20(13-16)26-9-11-31-12-10-26/h3-8,13-14H,9-12,15H2,1-2H3,(H,25,28). The van der Waals surface area contributed by atoms with Crippen LogP contribution in [0.4, 0.5) is 11.5 Å². The molecule has 4 rings (SSSR count). The van der Waals surface area contributed by atoms with E-state index < -0.39 is 0 Å². The first-order valence-corrected chi connectivity index (χ1v) is 10.00. The number of nitrogens with zero attached hydrogens (tertiary/aromatic N) is 4. The lowest BCUT2D eigenvalue weighted by molar-refractivity contribution is -0.116. The minimum atomic E-state index is -0.172. The molecule has 1 amide bonds. The molecule has 1 aromatic carbocycles. The molecule has 1 saturated heterocycles. The fourth-order valence-corrected chi connectivity index (χ4v) is 3.49. The Morgan fingerprint density at radius 2 is 1.87 bits per heavy atom. The molecule has 0 radical (unpaired) electrons. The summed E-state index contributed by atoms with van der Waals surface area (Å²) in [5.41, 5.74) is 1.53. The molecule has 162 valence electrons. The zero-order valence-electron chi connectivity index (χ0n) is 17.6. The van der Waals surface area contributed by atoms with Gasteiger partial charge in [-0.05, 0) is 24.3 Å². The van der Waals surface area contributed by atoms with Gasteiger partial charge in [0.15, 0.2) is 11.5 Å². The van der Waals surface area contributed by atoms with Crippen molar-refractivity contribution >= 4 is 17.4 Å². The third kappa shape index (κ3) is 4.77. The van der Waals surface area contributed by atoms with Crippen LogP contribution in [0.5, 0.6) is 11.5 Å². The van der Waals surface area contributed by atoms with Gasteiger partial charge in [0.1, 0.15) is 18.2 Å². The second-order valence-electron chi connectivity index (χ2n) is 7.00. The van der Waals surface area contributed by atoms with Gasteiger partial charge < -0.3 is 29.0 Å². The van der Waals surface area contributed by atoms with Crippen LogP contribution < -0.4 is 19.7 Å². The zero-order valence-corrected chi connectivity index (χ0v) is 17.6. The monoisotopic (exact) mass is 423 g/mol. The van der Waals surface area contributed by atoms with Crippen molar-refractivity contribution in [3.63, 3.8) is 0 Å². The zero-order chi connectivity index (χ0) is 21.6. The maximum atomic E-state index is 12.7. The summed E-state index contributed by atoms with van der Waals surface area (Å²) in [4.78, 5) is 23.8. The number of methoxy groups -OCH3 is 2. The number of nitrogens with one attached hydrogen (secondary N) is 1. The summed E-state index contributed by atoms with van der Waals surface area (Å²) >= 11 is 0. The highest BCUT2D eigenvalue weighted by atomic mass is 16.5. The maximum absolute atomic E-state index is 12.7. The van der Waals surface area contributed by atoms with Gasteiger partial charge in [0.2, 0.25) is 5.91 Å². The van der Waals surface area contributed by atoms with Crippen LogP contribution in [0, 0.1) is 0 Å².